The zero-order valence-corrected chi connectivity index (χ0v) is 20.6. The minimum absolute atomic E-state index is 0.0988. The van der Waals surface area contributed by atoms with Gasteiger partial charge >= 0.3 is 5.97 Å². The maximum absolute atomic E-state index is 12.1. The fourth-order valence-corrected chi connectivity index (χ4v) is 4.77. The molecule has 1 fully saturated rings. The molecule has 2 aromatic carbocycles. The predicted molar refractivity (Wildman–Crippen MR) is 133 cm³/mol. The van der Waals surface area contributed by atoms with Gasteiger partial charge in [0, 0.05) is 31.2 Å². The maximum Gasteiger partial charge on any atom is 0.328 e. The van der Waals surface area contributed by atoms with Crippen molar-refractivity contribution < 1.29 is 9.53 Å². The number of carbonyl (C=O) groups excluding carboxylic acids is 1. The Kier molecular flexibility index (Phi) is 7.78. The summed E-state index contributed by atoms with van der Waals surface area (Å²) >= 11 is 0. The molecule has 0 amide bonds. The topological polar surface area (TPSA) is 60.2 Å². The lowest BCUT2D eigenvalue weighted by Gasteiger charge is -2.36. The summed E-state index contributed by atoms with van der Waals surface area (Å²) in [5.74, 6) is 0.101. The third-order valence-electron chi connectivity index (χ3n) is 6.36. The minimum atomic E-state index is -0.496. The van der Waals surface area contributed by atoms with Crippen molar-refractivity contribution >= 4 is 5.97 Å². The van der Waals surface area contributed by atoms with Gasteiger partial charge in [-0.25, -0.2) is 4.68 Å². The summed E-state index contributed by atoms with van der Waals surface area (Å²) in [6.07, 6.45) is 6.33. The number of rotatable bonds is 8. The minimum Gasteiger partial charge on any atom is -0.459 e. The van der Waals surface area contributed by atoms with E-state index in [-0.39, 0.29) is 12.5 Å². The summed E-state index contributed by atoms with van der Waals surface area (Å²) in [6.45, 7) is 7.62. The third-order valence-corrected chi connectivity index (χ3v) is 6.36. The van der Waals surface area contributed by atoms with Crippen LogP contribution in [0.25, 0.3) is 0 Å². The first-order valence-electron chi connectivity index (χ1n) is 12.3. The maximum atomic E-state index is 12.1. The Morgan fingerprint density at radius 2 is 1.50 bits per heavy atom. The van der Waals surface area contributed by atoms with E-state index in [1.807, 2.05) is 27.0 Å². The molecule has 1 aliphatic carbocycles. The van der Waals surface area contributed by atoms with Crippen molar-refractivity contribution in [1.29, 1.82) is 0 Å². The van der Waals surface area contributed by atoms with Gasteiger partial charge in [-0.3, -0.25) is 9.69 Å². The van der Waals surface area contributed by atoms with Gasteiger partial charge in [-0.1, -0.05) is 65.9 Å². The molecule has 6 nitrogen and oxygen atoms in total. The average molecular weight is 461 g/mol. The smallest absolute Gasteiger partial charge is 0.328 e. The lowest BCUT2D eigenvalue weighted by Crippen LogP contribution is -2.37. The molecular weight excluding hydrogens is 424 g/mol. The van der Waals surface area contributed by atoms with Crippen molar-refractivity contribution in [2.45, 2.75) is 83.6 Å². The molecule has 0 N–H and O–H groups in total. The lowest BCUT2D eigenvalue weighted by molar-refractivity contribution is -0.155. The van der Waals surface area contributed by atoms with E-state index in [9.17, 15) is 4.79 Å². The highest BCUT2D eigenvalue weighted by molar-refractivity contribution is 5.69. The van der Waals surface area contributed by atoms with Gasteiger partial charge in [-0.05, 0) is 57.6 Å². The number of aromatic nitrogens is 3. The van der Waals surface area contributed by atoms with Crippen LogP contribution in [0.1, 0.15) is 69.2 Å². The first-order valence-corrected chi connectivity index (χ1v) is 12.3. The Morgan fingerprint density at radius 3 is 2.03 bits per heavy atom. The summed E-state index contributed by atoms with van der Waals surface area (Å²) in [5, 5.41) is 8.57. The van der Waals surface area contributed by atoms with E-state index in [0.717, 1.165) is 44.5 Å². The first kappa shape index (κ1) is 24.1. The number of ether oxygens (including phenoxy) is 1. The van der Waals surface area contributed by atoms with Crippen molar-refractivity contribution in [3.05, 3.63) is 83.7 Å². The summed E-state index contributed by atoms with van der Waals surface area (Å²) in [5.41, 5.74) is 3.19. The molecule has 0 spiro atoms. The SMILES string of the molecule is CC(C)(C)OC(=O)Cn1cc(C2CCC(N(Cc3ccccc3)Cc3ccccc3)CC2)nn1. The Hall–Kier alpha value is -2.99. The molecule has 1 aliphatic rings. The molecule has 4 rings (SSSR count). The molecule has 0 radical (unpaired) electrons. The fraction of sp³-hybridized carbons (Fsp3) is 0.464. The van der Waals surface area contributed by atoms with Gasteiger partial charge in [0.1, 0.15) is 12.1 Å². The molecule has 0 aliphatic heterocycles. The van der Waals surface area contributed by atoms with E-state index in [1.54, 1.807) is 4.68 Å². The van der Waals surface area contributed by atoms with E-state index in [4.69, 9.17) is 4.74 Å². The molecule has 0 unspecified atom stereocenters. The second-order valence-electron chi connectivity index (χ2n) is 10.3. The summed E-state index contributed by atoms with van der Waals surface area (Å²) in [6, 6.07) is 22.0. The van der Waals surface area contributed by atoms with Crippen molar-refractivity contribution in [3.63, 3.8) is 0 Å². The Bertz CT molecular complexity index is 994. The predicted octanol–water partition coefficient (Wildman–Crippen LogP) is 5.35. The highest BCUT2D eigenvalue weighted by Crippen LogP contribution is 2.35. The van der Waals surface area contributed by atoms with Crippen LogP contribution in [0.5, 0.6) is 0 Å². The van der Waals surface area contributed by atoms with Crippen LogP contribution in [0.2, 0.25) is 0 Å². The second-order valence-corrected chi connectivity index (χ2v) is 10.3. The number of nitrogens with zero attached hydrogens (tertiary/aromatic N) is 4. The second kappa shape index (κ2) is 11.0. The van der Waals surface area contributed by atoms with Gasteiger partial charge in [0.25, 0.3) is 0 Å². The van der Waals surface area contributed by atoms with Crippen molar-refractivity contribution in [2.24, 2.45) is 0 Å². The van der Waals surface area contributed by atoms with E-state index in [2.05, 4.69) is 75.9 Å². The largest absolute Gasteiger partial charge is 0.459 e. The summed E-state index contributed by atoms with van der Waals surface area (Å²) < 4.78 is 7.01. The number of hydrogen-bond acceptors (Lipinski definition) is 5. The molecule has 3 aromatic rings. The van der Waals surface area contributed by atoms with Gasteiger partial charge in [-0.15, -0.1) is 5.10 Å². The first-order chi connectivity index (χ1) is 16.4. The van der Waals surface area contributed by atoms with Crippen LogP contribution in [0, 0.1) is 0 Å². The van der Waals surface area contributed by atoms with Crippen molar-refractivity contribution in [1.82, 2.24) is 19.9 Å². The molecule has 1 saturated carbocycles. The van der Waals surface area contributed by atoms with Gasteiger partial charge in [0.05, 0.1) is 5.69 Å². The molecule has 6 heteroatoms. The molecule has 0 bridgehead atoms. The molecule has 0 atom stereocenters. The van der Waals surface area contributed by atoms with E-state index < -0.39 is 5.60 Å². The molecule has 0 saturated heterocycles. The van der Waals surface area contributed by atoms with Gasteiger partial charge in [0.15, 0.2) is 0 Å². The molecular formula is C28H36N4O2. The van der Waals surface area contributed by atoms with E-state index in [0.29, 0.717) is 12.0 Å². The highest BCUT2D eigenvalue weighted by atomic mass is 16.6. The van der Waals surface area contributed by atoms with Crippen LogP contribution in [0.3, 0.4) is 0 Å². The fourth-order valence-electron chi connectivity index (χ4n) is 4.77. The highest BCUT2D eigenvalue weighted by Gasteiger charge is 2.28. The zero-order valence-electron chi connectivity index (χ0n) is 20.6. The summed E-state index contributed by atoms with van der Waals surface area (Å²) in [7, 11) is 0. The monoisotopic (exact) mass is 460 g/mol. The molecule has 180 valence electrons. The molecule has 1 heterocycles. The number of esters is 1. The Morgan fingerprint density at radius 1 is 0.941 bits per heavy atom. The van der Waals surface area contributed by atoms with Crippen LogP contribution in [0.4, 0.5) is 0 Å². The molecule has 1 aromatic heterocycles. The van der Waals surface area contributed by atoms with Crippen molar-refractivity contribution in [3.8, 4) is 0 Å². The van der Waals surface area contributed by atoms with Crippen molar-refractivity contribution in [2.75, 3.05) is 0 Å². The van der Waals surface area contributed by atoms with Crippen LogP contribution in [-0.4, -0.2) is 37.5 Å². The van der Waals surface area contributed by atoms with Gasteiger partial charge in [0.2, 0.25) is 0 Å². The van der Waals surface area contributed by atoms with Crippen LogP contribution in [0.15, 0.2) is 66.9 Å². The van der Waals surface area contributed by atoms with E-state index in [1.165, 1.54) is 11.1 Å². The third kappa shape index (κ3) is 7.00. The number of benzene rings is 2. The Labute approximate surface area is 202 Å². The lowest BCUT2D eigenvalue weighted by atomic mass is 9.83. The summed E-state index contributed by atoms with van der Waals surface area (Å²) in [4.78, 5) is 14.7. The number of hydrogen-bond donors (Lipinski definition) is 0. The van der Waals surface area contributed by atoms with Gasteiger partial charge < -0.3 is 4.74 Å². The number of carbonyl (C=O) groups is 1. The van der Waals surface area contributed by atoms with Crippen LogP contribution in [-0.2, 0) is 29.2 Å². The quantitative estimate of drug-likeness (QED) is 0.424. The van der Waals surface area contributed by atoms with Crippen LogP contribution < -0.4 is 0 Å². The molecule has 34 heavy (non-hydrogen) atoms. The van der Waals surface area contributed by atoms with Gasteiger partial charge in [-0.2, -0.15) is 0 Å². The standard InChI is InChI=1S/C28H36N4O2/c1-28(2,3)34-27(33)21-32-20-26(29-30-32)24-14-16-25(17-15-24)31(18-22-10-6-4-7-11-22)19-23-12-8-5-9-13-23/h4-13,20,24-25H,14-19,21H2,1-3H3. The normalized spacial score (nSPS) is 18.7. The zero-order chi connectivity index (χ0) is 24.0. The van der Waals surface area contributed by atoms with Crippen LogP contribution >= 0.6 is 0 Å². The Balaban J connectivity index is 1.37. The van der Waals surface area contributed by atoms with E-state index >= 15 is 0 Å². The average Bonchev–Trinajstić information content (AvgIpc) is 3.27.